The Balaban J connectivity index is 3.74. The summed E-state index contributed by atoms with van der Waals surface area (Å²) < 4.78 is -0.0266. The fraction of sp³-hybridized carbons (Fsp3) is 0. The maximum absolute atomic E-state index is 9.89. The van der Waals surface area contributed by atoms with E-state index in [1.807, 2.05) is 5.43 Å². The van der Waals surface area contributed by atoms with Gasteiger partial charge in [-0.25, -0.2) is 10.2 Å². The molecule has 0 rings (SSSR count). The number of amides is 2. The second kappa shape index (κ2) is 3.86. The fourth-order valence-corrected chi connectivity index (χ4v) is 0.218. The van der Waals surface area contributed by atoms with Gasteiger partial charge in [0.25, 0.3) is 0 Å². The fourth-order valence-electron chi connectivity index (χ4n) is 0.129. The van der Waals surface area contributed by atoms with Gasteiger partial charge >= 0.3 is 6.03 Å². The van der Waals surface area contributed by atoms with Crippen LogP contribution >= 0.6 is 15.9 Å². The minimum atomic E-state index is -0.804. The molecular weight excluding hydrogens is 188 g/mol. The minimum Gasteiger partial charge on any atom is -0.350 e. The summed E-state index contributed by atoms with van der Waals surface area (Å²) in [7, 11) is 0. The molecular formula is C3H3BrN4O. The van der Waals surface area contributed by atoms with E-state index in [0.29, 0.717) is 0 Å². The maximum atomic E-state index is 9.89. The Morgan fingerprint density at radius 2 is 2.44 bits per heavy atom. The van der Waals surface area contributed by atoms with Crippen LogP contribution < -0.4 is 11.2 Å². The normalized spacial score (nSPS) is 10.0. The summed E-state index contributed by atoms with van der Waals surface area (Å²) in [6.07, 6.45) is 0. The van der Waals surface area contributed by atoms with E-state index >= 15 is 0 Å². The van der Waals surface area contributed by atoms with Crippen molar-refractivity contribution in [2.75, 3.05) is 0 Å². The van der Waals surface area contributed by atoms with Gasteiger partial charge in [0.05, 0.1) is 0 Å². The number of rotatable bonds is 1. The number of hydrogen-bond acceptors (Lipinski definition) is 3. The van der Waals surface area contributed by atoms with Crippen molar-refractivity contribution >= 4 is 26.6 Å². The molecule has 0 atom stereocenters. The van der Waals surface area contributed by atoms with Gasteiger partial charge in [0, 0.05) is 0 Å². The van der Waals surface area contributed by atoms with Gasteiger partial charge in [0.15, 0.2) is 0 Å². The lowest BCUT2D eigenvalue weighted by Crippen LogP contribution is -2.24. The zero-order valence-corrected chi connectivity index (χ0v) is 5.84. The molecule has 0 heterocycles. The first-order valence-corrected chi connectivity index (χ1v) is 2.65. The van der Waals surface area contributed by atoms with Crippen molar-refractivity contribution in [3.8, 4) is 6.07 Å². The molecule has 0 saturated carbocycles. The third-order valence-electron chi connectivity index (χ3n) is 0.357. The first-order valence-electron chi connectivity index (χ1n) is 1.85. The second-order valence-electron chi connectivity index (χ2n) is 0.990. The Hall–Kier alpha value is -1.09. The molecule has 6 heteroatoms. The first kappa shape index (κ1) is 7.91. The molecule has 0 bridgehead atoms. The Kier molecular flexibility index (Phi) is 3.39. The Morgan fingerprint density at radius 3 is 2.78 bits per heavy atom. The number of nitriles is 1. The molecule has 0 saturated heterocycles. The topological polar surface area (TPSA) is 91.3 Å². The van der Waals surface area contributed by atoms with Gasteiger partial charge in [-0.2, -0.15) is 10.4 Å². The summed E-state index contributed by atoms with van der Waals surface area (Å²) >= 11 is 2.72. The van der Waals surface area contributed by atoms with Gasteiger partial charge in [0.1, 0.15) is 6.07 Å². The smallest absolute Gasteiger partial charge is 0.332 e. The molecule has 5 nitrogen and oxygen atoms in total. The highest BCUT2D eigenvalue weighted by atomic mass is 79.9. The van der Waals surface area contributed by atoms with Gasteiger partial charge in [-0.3, -0.25) is 0 Å². The van der Waals surface area contributed by atoms with Crippen LogP contribution in [0.15, 0.2) is 5.10 Å². The zero-order valence-electron chi connectivity index (χ0n) is 4.26. The van der Waals surface area contributed by atoms with Crippen molar-refractivity contribution in [1.82, 2.24) is 5.43 Å². The van der Waals surface area contributed by atoms with E-state index in [1.54, 1.807) is 6.07 Å². The number of halogens is 1. The van der Waals surface area contributed by atoms with Crippen molar-refractivity contribution < 1.29 is 4.79 Å². The molecule has 0 aliphatic heterocycles. The highest BCUT2D eigenvalue weighted by molar-refractivity contribution is 9.18. The van der Waals surface area contributed by atoms with Crippen LogP contribution in [0.2, 0.25) is 0 Å². The first-order chi connectivity index (χ1) is 4.16. The van der Waals surface area contributed by atoms with Crippen molar-refractivity contribution in [2.24, 2.45) is 10.8 Å². The molecule has 0 aliphatic rings. The van der Waals surface area contributed by atoms with Crippen molar-refractivity contribution in [1.29, 1.82) is 5.26 Å². The molecule has 3 N–H and O–H groups in total. The van der Waals surface area contributed by atoms with Crippen molar-refractivity contribution in [2.45, 2.75) is 0 Å². The number of carbonyl (C=O) groups is 1. The molecule has 0 unspecified atom stereocenters. The van der Waals surface area contributed by atoms with E-state index in [0.717, 1.165) is 0 Å². The summed E-state index contributed by atoms with van der Waals surface area (Å²) in [4.78, 5) is 9.89. The molecule has 0 aromatic carbocycles. The number of nitrogens with two attached hydrogens (primary N) is 1. The average Bonchev–Trinajstić information content (AvgIpc) is 1.83. The van der Waals surface area contributed by atoms with Crippen molar-refractivity contribution in [3.63, 3.8) is 0 Å². The summed E-state index contributed by atoms with van der Waals surface area (Å²) in [5.74, 6) is 0. The lowest BCUT2D eigenvalue weighted by Gasteiger charge is -1.87. The number of nitrogens with one attached hydrogen (secondary N) is 1. The Morgan fingerprint density at radius 1 is 1.89 bits per heavy atom. The predicted molar refractivity (Wildman–Crippen MR) is 34.7 cm³/mol. The van der Waals surface area contributed by atoms with E-state index in [9.17, 15) is 4.79 Å². The molecule has 0 aromatic rings. The highest BCUT2D eigenvalue weighted by Gasteiger charge is 1.88. The van der Waals surface area contributed by atoms with Crippen LogP contribution in [0.25, 0.3) is 0 Å². The van der Waals surface area contributed by atoms with Gasteiger partial charge in [-0.05, 0) is 15.9 Å². The van der Waals surface area contributed by atoms with Crippen LogP contribution in [0.3, 0.4) is 0 Å². The number of nitrogens with zero attached hydrogens (tertiary/aromatic N) is 2. The van der Waals surface area contributed by atoms with E-state index in [-0.39, 0.29) is 4.62 Å². The van der Waals surface area contributed by atoms with Crippen LogP contribution in [0.4, 0.5) is 4.79 Å². The second-order valence-corrected chi connectivity index (χ2v) is 1.74. The molecule has 9 heavy (non-hydrogen) atoms. The number of hydrogen-bond donors (Lipinski definition) is 2. The number of primary amides is 1. The summed E-state index contributed by atoms with van der Waals surface area (Å²) in [5.41, 5.74) is 6.46. The van der Waals surface area contributed by atoms with Gasteiger partial charge < -0.3 is 5.73 Å². The molecule has 48 valence electrons. The molecule has 0 aromatic heterocycles. The monoisotopic (exact) mass is 190 g/mol. The van der Waals surface area contributed by atoms with Crippen LogP contribution in [-0.2, 0) is 0 Å². The standard InChI is InChI=1S/C3H3BrN4O/c4-2(1-5)7-8-3(6)9/h(H3,6,8,9). The third kappa shape index (κ3) is 4.77. The largest absolute Gasteiger partial charge is 0.350 e. The van der Waals surface area contributed by atoms with E-state index in [4.69, 9.17) is 5.26 Å². The molecule has 0 aliphatic carbocycles. The van der Waals surface area contributed by atoms with Gasteiger partial charge in [-0.15, -0.1) is 0 Å². The zero-order chi connectivity index (χ0) is 7.28. The average molecular weight is 191 g/mol. The molecule has 2 amide bonds. The van der Waals surface area contributed by atoms with Crippen molar-refractivity contribution in [3.05, 3.63) is 0 Å². The van der Waals surface area contributed by atoms with Crippen LogP contribution in [0.1, 0.15) is 0 Å². The Bertz CT molecular complexity index is 181. The lowest BCUT2D eigenvalue weighted by molar-refractivity contribution is 0.249. The maximum Gasteiger partial charge on any atom is 0.332 e. The summed E-state index contributed by atoms with van der Waals surface area (Å²) in [6, 6.07) is 0.813. The SMILES string of the molecule is N#CC(Br)=NNC(N)=O. The third-order valence-corrected chi connectivity index (χ3v) is 0.711. The number of hydrazone groups is 1. The summed E-state index contributed by atoms with van der Waals surface area (Å²) in [5, 5.41) is 11.2. The van der Waals surface area contributed by atoms with E-state index in [1.165, 1.54) is 0 Å². The van der Waals surface area contributed by atoms with E-state index in [2.05, 4.69) is 26.8 Å². The lowest BCUT2D eigenvalue weighted by atomic mass is 10.9. The van der Waals surface area contributed by atoms with Gasteiger partial charge in [0.2, 0.25) is 4.62 Å². The van der Waals surface area contributed by atoms with Crippen LogP contribution in [-0.4, -0.2) is 10.7 Å². The molecule has 0 spiro atoms. The molecule has 0 fully saturated rings. The quantitative estimate of drug-likeness (QED) is 0.446. The highest BCUT2D eigenvalue weighted by Crippen LogP contribution is 1.82. The summed E-state index contributed by atoms with van der Waals surface area (Å²) in [6.45, 7) is 0. The molecule has 0 radical (unpaired) electrons. The van der Waals surface area contributed by atoms with E-state index < -0.39 is 6.03 Å². The number of carbonyl (C=O) groups excluding carboxylic acids is 1. The number of urea groups is 1. The van der Waals surface area contributed by atoms with Crippen LogP contribution in [0.5, 0.6) is 0 Å². The van der Waals surface area contributed by atoms with Gasteiger partial charge in [-0.1, -0.05) is 0 Å². The minimum absolute atomic E-state index is 0.0266. The Labute approximate surface area is 59.6 Å². The van der Waals surface area contributed by atoms with Crippen LogP contribution in [0, 0.1) is 11.3 Å². The predicted octanol–water partition coefficient (Wildman–Crippen LogP) is -0.113.